The van der Waals surface area contributed by atoms with E-state index in [1.807, 2.05) is 13.8 Å². The largest absolute Gasteiger partial charge is 0.505 e. The molecule has 3 rings (SSSR count). The van der Waals surface area contributed by atoms with Gasteiger partial charge in [-0.3, -0.25) is 4.79 Å². The Morgan fingerprint density at radius 2 is 1.90 bits per heavy atom. The second kappa shape index (κ2) is 4.70. The summed E-state index contributed by atoms with van der Waals surface area (Å²) in [6.45, 7) is 5.70. The molecule has 0 fully saturated rings. The number of hydrogen-bond donors (Lipinski definition) is 1. The Kier molecular flexibility index (Phi) is 3.10. The third-order valence-electron chi connectivity index (χ3n) is 3.66. The van der Waals surface area contributed by atoms with Gasteiger partial charge in [0.2, 0.25) is 0 Å². The molecule has 0 atom stereocenters. The van der Waals surface area contributed by atoms with Crippen LogP contribution in [0.2, 0.25) is 0 Å². The lowest BCUT2D eigenvalue weighted by Crippen LogP contribution is -2.22. The SMILES string of the molecule is Cc1ccc2sc(C)c(-c3c(O)c(C)nn(C)c3=O)c2c1. The minimum Gasteiger partial charge on any atom is -0.505 e. The van der Waals surface area contributed by atoms with Crippen LogP contribution in [-0.4, -0.2) is 14.9 Å². The van der Waals surface area contributed by atoms with Crippen LogP contribution in [0.3, 0.4) is 0 Å². The average molecular weight is 300 g/mol. The first-order chi connectivity index (χ1) is 9.90. The zero-order valence-electron chi connectivity index (χ0n) is 12.4. The highest BCUT2D eigenvalue weighted by molar-refractivity contribution is 7.19. The van der Waals surface area contributed by atoms with Crippen LogP contribution in [0.4, 0.5) is 0 Å². The topological polar surface area (TPSA) is 55.1 Å². The first kappa shape index (κ1) is 13.8. The highest BCUT2D eigenvalue weighted by Crippen LogP contribution is 2.40. The summed E-state index contributed by atoms with van der Waals surface area (Å²) in [5.74, 6) is -0.0255. The van der Waals surface area contributed by atoms with E-state index in [2.05, 4.69) is 23.3 Å². The Labute approximate surface area is 126 Å². The molecule has 4 nitrogen and oxygen atoms in total. The van der Waals surface area contributed by atoms with Crippen LogP contribution < -0.4 is 5.56 Å². The number of hydrogen-bond acceptors (Lipinski definition) is 4. The Balaban J connectivity index is 2.49. The maximum Gasteiger partial charge on any atom is 0.278 e. The van der Waals surface area contributed by atoms with Crippen LogP contribution >= 0.6 is 11.3 Å². The van der Waals surface area contributed by atoms with Crippen LogP contribution in [0.1, 0.15) is 16.1 Å². The number of rotatable bonds is 1. The zero-order valence-corrected chi connectivity index (χ0v) is 13.2. The fourth-order valence-corrected chi connectivity index (χ4v) is 3.68. The van der Waals surface area contributed by atoms with E-state index in [-0.39, 0.29) is 11.3 Å². The monoisotopic (exact) mass is 300 g/mol. The molecule has 3 aromatic rings. The van der Waals surface area contributed by atoms with E-state index < -0.39 is 0 Å². The lowest BCUT2D eigenvalue weighted by Gasteiger charge is -2.09. The number of aryl methyl sites for hydroxylation is 4. The normalized spacial score (nSPS) is 11.2. The average Bonchev–Trinajstić information content (AvgIpc) is 2.73. The Morgan fingerprint density at radius 3 is 2.62 bits per heavy atom. The highest BCUT2D eigenvalue weighted by atomic mass is 32.1. The molecule has 0 aliphatic heterocycles. The molecule has 5 heteroatoms. The third-order valence-corrected chi connectivity index (χ3v) is 4.74. The lowest BCUT2D eigenvalue weighted by molar-refractivity contribution is 0.460. The fraction of sp³-hybridized carbons (Fsp3) is 0.250. The summed E-state index contributed by atoms with van der Waals surface area (Å²) < 4.78 is 2.40. The van der Waals surface area contributed by atoms with Crippen molar-refractivity contribution >= 4 is 21.4 Å². The standard InChI is InChI=1S/C16H16N2O2S/c1-8-5-6-12-11(7-8)13(10(3)21-12)14-15(19)9(2)17-18(4)16(14)20/h5-7,19H,1-4H3. The van der Waals surface area contributed by atoms with Crippen LogP contribution in [0.15, 0.2) is 23.0 Å². The van der Waals surface area contributed by atoms with Crippen molar-refractivity contribution in [2.45, 2.75) is 20.8 Å². The fourth-order valence-electron chi connectivity index (χ4n) is 2.63. The van der Waals surface area contributed by atoms with E-state index >= 15 is 0 Å². The van der Waals surface area contributed by atoms with Crippen molar-refractivity contribution in [2.75, 3.05) is 0 Å². The molecule has 1 N–H and O–H groups in total. The van der Waals surface area contributed by atoms with Crippen LogP contribution in [0, 0.1) is 20.8 Å². The number of nitrogens with zero attached hydrogens (tertiary/aromatic N) is 2. The zero-order chi connectivity index (χ0) is 15.3. The van der Waals surface area contributed by atoms with Crippen LogP contribution in [-0.2, 0) is 7.05 Å². The van der Waals surface area contributed by atoms with Gasteiger partial charge in [0.25, 0.3) is 5.56 Å². The molecular formula is C16H16N2O2S. The summed E-state index contributed by atoms with van der Waals surface area (Å²) in [6, 6.07) is 6.17. The Morgan fingerprint density at radius 1 is 1.19 bits per heavy atom. The van der Waals surface area contributed by atoms with E-state index in [1.165, 1.54) is 4.68 Å². The molecule has 2 heterocycles. The van der Waals surface area contributed by atoms with Gasteiger partial charge in [0.15, 0.2) is 5.75 Å². The van der Waals surface area contributed by atoms with E-state index in [0.29, 0.717) is 11.3 Å². The summed E-state index contributed by atoms with van der Waals surface area (Å²) in [6.07, 6.45) is 0. The van der Waals surface area contributed by atoms with Gasteiger partial charge in [-0.15, -0.1) is 11.3 Å². The molecule has 0 unspecified atom stereocenters. The van der Waals surface area contributed by atoms with E-state index in [4.69, 9.17) is 0 Å². The van der Waals surface area contributed by atoms with E-state index in [0.717, 1.165) is 26.1 Å². The molecule has 0 saturated heterocycles. The van der Waals surface area contributed by atoms with Gasteiger partial charge in [-0.05, 0) is 32.9 Å². The molecule has 108 valence electrons. The van der Waals surface area contributed by atoms with E-state index in [9.17, 15) is 9.90 Å². The van der Waals surface area contributed by atoms with Gasteiger partial charge >= 0.3 is 0 Å². The van der Waals surface area contributed by atoms with Gasteiger partial charge < -0.3 is 5.11 Å². The van der Waals surface area contributed by atoms with Gasteiger partial charge in [0, 0.05) is 27.6 Å². The summed E-state index contributed by atoms with van der Waals surface area (Å²) >= 11 is 1.63. The number of fused-ring (bicyclic) bond motifs is 1. The number of aromatic nitrogens is 2. The van der Waals surface area contributed by atoms with Gasteiger partial charge in [-0.2, -0.15) is 5.10 Å². The second-order valence-corrected chi connectivity index (χ2v) is 6.53. The molecule has 0 bridgehead atoms. The summed E-state index contributed by atoms with van der Waals surface area (Å²) in [5, 5.41) is 15.4. The molecule has 0 aliphatic rings. The molecule has 0 radical (unpaired) electrons. The second-order valence-electron chi connectivity index (χ2n) is 5.27. The van der Waals surface area contributed by atoms with Crippen molar-refractivity contribution in [3.63, 3.8) is 0 Å². The molecule has 2 aromatic heterocycles. The van der Waals surface area contributed by atoms with Crippen molar-refractivity contribution in [2.24, 2.45) is 7.05 Å². The molecule has 1 aromatic carbocycles. The van der Waals surface area contributed by atoms with Gasteiger partial charge in [0.05, 0.1) is 5.56 Å². The predicted octanol–water partition coefficient (Wildman–Crippen LogP) is 3.29. The first-order valence-corrected chi connectivity index (χ1v) is 7.48. The van der Waals surface area contributed by atoms with Crippen LogP contribution in [0.25, 0.3) is 21.2 Å². The Bertz CT molecular complexity index is 922. The molecule has 0 saturated carbocycles. The first-order valence-electron chi connectivity index (χ1n) is 6.67. The number of thiophene rings is 1. The van der Waals surface area contributed by atoms with Crippen LogP contribution in [0.5, 0.6) is 5.75 Å². The minimum absolute atomic E-state index is 0.0255. The molecule has 0 aliphatic carbocycles. The third kappa shape index (κ3) is 2.05. The smallest absolute Gasteiger partial charge is 0.278 e. The predicted molar refractivity (Wildman–Crippen MR) is 86.2 cm³/mol. The maximum absolute atomic E-state index is 12.5. The minimum atomic E-state index is -0.276. The van der Waals surface area contributed by atoms with Gasteiger partial charge in [0.1, 0.15) is 5.69 Å². The summed E-state index contributed by atoms with van der Waals surface area (Å²) in [4.78, 5) is 13.5. The molecule has 21 heavy (non-hydrogen) atoms. The van der Waals surface area contributed by atoms with Crippen molar-refractivity contribution in [1.82, 2.24) is 9.78 Å². The molecular weight excluding hydrogens is 284 g/mol. The van der Waals surface area contributed by atoms with Gasteiger partial charge in [-0.1, -0.05) is 11.6 Å². The number of benzene rings is 1. The summed E-state index contributed by atoms with van der Waals surface area (Å²) in [7, 11) is 1.60. The van der Waals surface area contributed by atoms with E-state index in [1.54, 1.807) is 25.3 Å². The molecule has 0 spiro atoms. The van der Waals surface area contributed by atoms with Crippen molar-refractivity contribution in [1.29, 1.82) is 0 Å². The van der Waals surface area contributed by atoms with Crippen molar-refractivity contribution < 1.29 is 5.11 Å². The summed E-state index contributed by atoms with van der Waals surface area (Å²) in [5.41, 5.74) is 2.48. The lowest BCUT2D eigenvalue weighted by atomic mass is 10.0. The van der Waals surface area contributed by atoms with Gasteiger partial charge in [-0.25, -0.2) is 4.68 Å². The maximum atomic E-state index is 12.5. The van der Waals surface area contributed by atoms with Crippen molar-refractivity contribution in [3.8, 4) is 16.9 Å². The highest BCUT2D eigenvalue weighted by Gasteiger charge is 2.20. The quantitative estimate of drug-likeness (QED) is 0.750. The number of aromatic hydroxyl groups is 1. The van der Waals surface area contributed by atoms with Crippen molar-refractivity contribution in [3.05, 3.63) is 44.7 Å². The molecule has 0 amide bonds. The Hall–Kier alpha value is -2.14.